The van der Waals surface area contributed by atoms with Crippen LogP contribution in [0.2, 0.25) is 0 Å². The van der Waals surface area contributed by atoms with Crippen molar-refractivity contribution in [1.82, 2.24) is 0 Å². The average molecular weight is 341 g/mol. The molecule has 1 nitrogen and oxygen atoms in total. The van der Waals surface area contributed by atoms with Gasteiger partial charge in [-0.25, -0.2) is 0 Å². The minimum atomic E-state index is 0.0721. The van der Waals surface area contributed by atoms with Crippen molar-refractivity contribution in [2.45, 2.75) is 11.3 Å². The molecule has 0 heterocycles. The van der Waals surface area contributed by atoms with Gasteiger partial charge < -0.3 is 0 Å². The minimum Gasteiger partial charge on any atom is -0.298 e. The van der Waals surface area contributed by atoms with E-state index in [1.54, 1.807) is 11.8 Å². The van der Waals surface area contributed by atoms with Gasteiger partial charge in [-0.15, -0.1) is 23.4 Å². The van der Waals surface area contributed by atoms with Crippen LogP contribution in [-0.2, 0) is 11.2 Å². The van der Waals surface area contributed by atoms with E-state index in [1.165, 1.54) is 4.90 Å². The minimum absolute atomic E-state index is 0.0721. The molecule has 1 aromatic carbocycles. The third-order valence-corrected chi connectivity index (χ3v) is 3.87. The number of rotatable bonds is 4. The Bertz CT molecular complexity index is 341. The zero-order valence-electron chi connectivity index (χ0n) is 7.72. The molecule has 0 atom stereocenters. The lowest BCUT2D eigenvalue weighted by Gasteiger charge is -2.04. The van der Waals surface area contributed by atoms with E-state index >= 15 is 0 Å². The lowest BCUT2D eigenvalue weighted by atomic mass is 10.1. The largest absolute Gasteiger partial charge is 0.298 e. The zero-order valence-corrected chi connectivity index (χ0v) is 11.4. The lowest BCUT2D eigenvalue weighted by Crippen LogP contribution is -2.05. The first kappa shape index (κ1) is 12.3. The first-order valence-electron chi connectivity index (χ1n) is 4.07. The zero-order chi connectivity index (χ0) is 10.6. The van der Waals surface area contributed by atoms with Gasteiger partial charge in [-0.05, 0) is 52.6 Å². The number of Topliss-reactive ketones (excluding diaryl/α,β-unsaturated/α-hetero) is 1. The van der Waals surface area contributed by atoms with Gasteiger partial charge >= 0.3 is 0 Å². The van der Waals surface area contributed by atoms with E-state index in [2.05, 4.69) is 34.7 Å². The molecule has 0 aliphatic rings. The molecule has 0 aliphatic heterocycles. The standard InChI is InChI=1S/C10H10ClIOS/c1-14-9-2-3-10(12)7(5-9)4-8(13)6-11/h2-3,5H,4,6H2,1H3. The Morgan fingerprint density at radius 2 is 2.29 bits per heavy atom. The molecule has 1 aromatic rings. The second-order valence-electron chi connectivity index (χ2n) is 2.81. The summed E-state index contributed by atoms with van der Waals surface area (Å²) < 4.78 is 1.12. The predicted octanol–water partition coefficient (Wildman–Crippen LogP) is 3.36. The summed E-state index contributed by atoms with van der Waals surface area (Å²) >= 11 is 9.39. The highest BCUT2D eigenvalue weighted by molar-refractivity contribution is 14.1. The van der Waals surface area contributed by atoms with E-state index in [0.717, 1.165) is 9.13 Å². The van der Waals surface area contributed by atoms with Crippen molar-refractivity contribution in [3.05, 3.63) is 27.3 Å². The van der Waals surface area contributed by atoms with Crippen LogP contribution < -0.4 is 0 Å². The molecule has 0 amide bonds. The molecule has 0 saturated carbocycles. The summed E-state index contributed by atoms with van der Waals surface area (Å²) in [7, 11) is 0. The normalized spacial score (nSPS) is 10.2. The van der Waals surface area contributed by atoms with Crippen molar-refractivity contribution in [1.29, 1.82) is 0 Å². The van der Waals surface area contributed by atoms with Gasteiger partial charge in [-0.1, -0.05) is 0 Å². The molecule has 0 unspecified atom stereocenters. The van der Waals surface area contributed by atoms with Crippen molar-refractivity contribution in [2.75, 3.05) is 12.1 Å². The Kier molecular flexibility index (Phi) is 5.26. The second-order valence-corrected chi connectivity index (χ2v) is 5.12. The molecule has 0 spiro atoms. The van der Waals surface area contributed by atoms with Gasteiger partial charge in [0.2, 0.25) is 0 Å². The van der Waals surface area contributed by atoms with Gasteiger partial charge in [0, 0.05) is 14.9 Å². The molecule has 0 bridgehead atoms. The quantitative estimate of drug-likeness (QED) is 0.475. The number of benzene rings is 1. The van der Waals surface area contributed by atoms with Gasteiger partial charge in [0.15, 0.2) is 5.78 Å². The van der Waals surface area contributed by atoms with Crippen molar-refractivity contribution in [2.24, 2.45) is 0 Å². The van der Waals surface area contributed by atoms with E-state index < -0.39 is 0 Å². The highest BCUT2D eigenvalue weighted by Crippen LogP contribution is 2.21. The molecule has 1 rings (SSSR count). The number of carbonyl (C=O) groups excluding carboxylic acids is 1. The molecular formula is C10H10ClIOS. The molecule has 0 radical (unpaired) electrons. The number of carbonyl (C=O) groups is 1. The van der Waals surface area contributed by atoms with Crippen molar-refractivity contribution >= 4 is 51.7 Å². The summed E-state index contributed by atoms with van der Waals surface area (Å²) in [5, 5.41) is 0. The Morgan fingerprint density at radius 3 is 2.86 bits per heavy atom. The summed E-state index contributed by atoms with van der Waals surface area (Å²) in [4.78, 5) is 12.4. The summed E-state index contributed by atoms with van der Waals surface area (Å²) in [6, 6.07) is 6.14. The van der Waals surface area contributed by atoms with Crippen LogP contribution in [0.25, 0.3) is 0 Å². The monoisotopic (exact) mass is 340 g/mol. The highest BCUT2D eigenvalue weighted by atomic mass is 127. The molecule has 0 saturated heterocycles. The number of halogens is 2. The Balaban J connectivity index is 2.89. The fourth-order valence-electron chi connectivity index (χ4n) is 1.07. The first-order chi connectivity index (χ1) is 6.67. The van der Waals surface area contributed by atoms with E-state index in [1.807, 2.05) is 12.3 Å². The van der Waals surface area contributed by atoms with Crippen LogP contribution in [0.4, 0.5) is 0 Å². The van der Waals surface area contributed by atoms with Gasteiger partial charge in [0.1, 0.15) is 0 Å². The topological polar surface area (TPSA) is 17.1 Å². The Hall–Kier alpha value is 0.260. The lowest BCUT2D eigenvalue weighted by molar-refractivity contribution is -0.116. The van der Waals surface area contributed by atoms with E-state index in [0.29, 0.717) is 6.42 Å². The maximum Gasteiger partial charge on any atom is 0.151 e. The molecule has 0 aliphatic carbocycles. The number of thioether (sulfide) groups is 1. The van der Waals surface area contributed by atoms with Crippen molar-refractivity contribution < 1.29 is 4.79 Å². The second kappa shape index (κ2) is 5.98. The van der Waals surface area contributed by atoms with Crippen LogP contribution in [-0.4, -0.2) is 17.9 Å². The first-order valence-corrected chi connectivity index (χ1v) is 6.91. The van der Waals surface area contributed by atoms with Gasteiger partial charge in [0.25, 0.3) is 0 Å². The van der Waals surface area contributed by atoms with E-state index in [4.69, 9.17) is 11.6 Å². The molecule has 0 fully saturated rings. The smallest absolute Gasteiger partial charge is 0.151 e. The Labute approximate surface area is 107 Å². The summed E-state index contributed by atoms with van der Waals surface area (Å²) in [6.45, 7) is 0. The molecule has 0 N–H and O–H groups in total. The van der Waals surface area contributed by atoms with Gasteiger partial charge in [0.05, 0.1) is 5.88 Å². The third kappa shape index (κ3) is 3.44. The summed E-state index contributed by atoms with van der Waals surface area (Å²) in [6.07, 6.45) is 2.46. The number of hydrogen-bond acceptors (Lipinski definition) is 2. The highest BCUT2D eigenvalue weighted by Gasteiger charge is 2.06. The number of alkyl halides is 1. The number of ketones is 1. The van der Waals surface area contributed by atoms with Crippen LogP contribution in [0.5, 0.6) is 0 Å². The SMILES string of the molecule is CSc1ccc(I)c(CC(=O)CCl)c1. The van der Waals surface area contributed by atoms with Crippen LogP contribution in [0.1, 0.15) is 5.56 Å². The number of hydrogen-bond donors (Lipinski definition) is 0. The Morgan fingerprint density at radius 1 is 1.57 bits per heavy atom. The van der Waals surface area contributed by atoms with Gasteiger partial charge in [-0.3, -0.25) is 4.79 Å². The molecule has 0 aromatic heterocycles. The van der Waals surface area contributed by atoms with Crippen LogP contribution in [0, 0.1) is 3.57 Å². The molecule has 4 heteroatoms. The molecular weight excluding hydrogens is 331 g/mol. The molecule has 76 valence electrons. The average Bonchev–Trinajstić information content (AvgIpc) is 2.21. The summed E-state index contributed by atoms with van der Waals surface area (Å²) in [5.41, 5.74) is 1.07. The van der Waals surface area contributed by atoms with E-state index in [9.17, 15) is 4.79 Å². The third-order valence-electron chi connectivity index (χ3n) is 1.79. The predicted molar refractivity (Wildman–Crippen MR) is 70.4 cm³/mol. The van der Waals surface area contributed by atoms with Crippen LogP contribution in [0.3, 0.4) is 0 Å². The fourth-order valence-corrected chi connectivity index (χ4v) is 2.16. The molecule has 14 heavy (non-hydrogen) atoms. The van der Waals surface area contributed by atoms with Crippen LogP contribution in [0.15, 0.2) is 23.1 Å². The fraction of sp³-hybridized carbons (Fsp3) is 0.300. The van der Waals surface area contributed by atoms with Crippen molar-refractivity contribution in [3.63, 3.8) is 0 Å². The van der Waals surface area contributed by atoms with Gasteiger partial charge in [-0.2, -0.15) is 0 Å². The maximum absolute atomic E-state index is 11.2. The maximum atomic E-state index is 11.2. The van der Waals surface area contributed by atoms with Crippen molar-refractivity contribution in [3.8, 4) is 0 Å². The summed E-state index contributed by atoms with van der Waals surface area (Å²) in [5.74, 6) is 0.169. The van der Waals surface area contributed by atoms with Crippen LogP contribution >= 0.6 is 46.0 Å². The van der Waals surface area contributed by atoms with E-state index in [-0.39, 0.29) is 11.7 Å².